The molecule has 1 aromatic heterocycles. The second-order valence-electron chi connectivity index (χ2n) is 8.80. The number of carbonyl (C=O) groups excluding carboxylic acids is 1. The number of nitrogens with zero attached hydrogens (tertiary/aromatic N) is 1. The van der Waals surface area contributed by atoms with Crippen molar-refractivity contribution >= 4 is 46.0 Å². The highest BCUT2D eigenvalue weighted by Gasteiger charge is 2.24. The molecule has 7 nitrogen and oxygen atoms in total. The van der Waals surface area contributed by atoms with Gasteiger partial charge in [-0.05, 0) is 41.8 Å². The van der Waals surface area contributed by atoms with Gasteiger partial charge in [0, 0.05) is 18.9 Å². The van der Waals surface area contributed by atoms with Crippen LogP contribution in [0.25, 0.3) is 22.0 Å². The summed E-state index contributed by atoms with van der Waals surface area (Å²) in [7, 11) is 1.72. The molecule has 0 aliphatic heterocycles. The maximum absolute atomic E-state index is 13.4. The normalized spacial score (nSPS) is 11.8. The fourth-order valence-corrected chi connectivity index (χ4v) is 4.83. The van der Waals surface area contributed by atoms with Crippen molar-refractivity contribution < 1.29 is 19.4 Å². The standard InChI is InChI=1S/C29H26Cl2N2O5/c1-3-15-38-26-19-7-4-5-10-23(19)33(2)28(35)24(26)18-13-11-17(12-14-18)16-22(29(36)37)32-27(34)25-20(30)8-6-9-21(25)31/h4-14,22H,3,15-16H2,1-2H3,(H,32,34)(H,36,37)/t22-/m0/s1. The second kappa shape index (κ2) is 11.7. The minimum absolute atomic E-state index is 0.0122. The maximum atomic E-state index is 13.4. The molecule has 2 N–H and O–H groups in total. The van der Waals surface area contributed by atoms with Crippen molar-refractivity contribution in [2.24, 2.45) is 7.05 Å². The van der Waals surface area contributed by atoms with Crippen LogP contribution in [0.4, 0.5) is 0 Å². The number of carboxylic acid groups (broad SMARTS) is 1. The van der Waals surface area contributed by atoms with Gasteiger partial charge in [0.25, 0.3) is 11.5 Å². The summed E-state index contributed by atoms with van der Waals surface area (Å²) in [6, 6.07) is 17.9. The Kier molecular flexibility index (Phi) is 8.39. The van der Waals surface area contributed by atoms with Crippen molar-refractivity contribution in [1.29, 1.82) is 0 Å². The molecule has 0 fully saturated rings. The predicted molar refractivity (Wildman–Crippen MR) is 149 cm³/mol. The van der Waals surface area contributed by atoms with E-state index < -0.39 is 17.9 Å². The number of ether oxygens (including phenoxy) is 1. The number of halogens is 2. The van der Waals surface area contributed by atoms with E-state index in [0.717, 1.165) is 17.3 Å². The first-order chi connectivity index (χ1) is 18.2. The number of nitrogens with one attached hydrogen (secondary N) is 1. The van der Waals surface area contributed by atoms with Gasteiger partial charge < -0.3 is 19.7 Å². The number of aliphatic carboxylic acids is 1. The molecular formula is C29H26Cl2N2O5. The molecule has 0 unspecified atom stereocenters. The van der Waals surface area contributed by atoms with E-state index in [1.165, 1.54) is 12.1 Å². The summed E-state index contributed by atoms with van der Waals surface area (Å²) in [4.78, 5) is 38.0. The number of para-hydroxylation sites is 1. The summed E-state index contributed by atoms with van der Waals surface area (Å²) in [5.74, 6) is -1.36. The molecule has 0 saturated carbocycles. The first kappa shape index (κ1) is 27.2. The number of benzene rings is 3. The maximum Gasteiger partial charge on any atom is 0.326 e. The van der Waals surface area contributed by atoms with E-state index in [2.05, 4.69) is 5.32 Å². The first-order valence-electron chi connectivity index (χ1n) is 12.0. The van der Waals surface area contributed by atoms with E-state index in [9.17, 15) is 19.5 Å². The van der Waals surface area contributed by atoms with Gasteiger partial charge in [-0.1, -0.05) is 72.6 Å². The fourth-order valence-electron chi connectivity index (χ4n) is 4.26. The van der Waals surface area contributed by atoms with E-state index in [1.54, 1.807) is 41.9 Å². The smallest absolute Gasteiger partial charge is 0.326 e. The molecule has 38 heavy (non-hydrogen) atoms. The van der Waals surface area contributed by atoms with E-state index in [4.69, 9.17) is 27.9 Å². The number of aromatic nitrogens is 1. The van der Waals surface area contributed by atoms with Crippen molar-refractivity contribution in [1.82, 2.24) is 9.88 Å². The second-order valence-corrected chi connectivity index (χ2v) is 9.61. The predicted octanol–water partition coefficient (Wildman–Crippen LogP) is 5.73. The molecule has 0 spiro atoms. The fraction of sp³-hybridized carbons (Fsp3) is 0.207. The van der Waals surface area contributed by atoms with Crippen molar-refractivity contribution in [2.75, 3.05) is 6.61 Å². The number of hydrogen-bond acceptors (Lipinski definition) is 4. The van der Waals surface area contributed by atoms with Crippen LogP contribution in [-0.4, -0.2) is 34.2 Å². The molecule has 4 rings (SSSR count). The van der Waals surface area contributed by atoms with Gasteiger partial charge in [-0.2, -0.15) is 0 Å². The number of amides is 1. The Balaban J connectivity index is 1.65. The summed E-state index contributed by atoms with van der Waals surface area (Å²) < 4.78 is 7.65. The number of rotatable bonds is 9. The molecule has 3 aromatic carbocycles. The molecule has 0 saturated heterocycles. The quantitative estimate of drug-likeness (QED) is 0.276. The SMILES string of the molecule is CCCOc1c(-c2ccc(C[C@H](NC(=O)c3c(Cl)cccc3Cl)C(=O)O)cc2)c(=O)n(C)c2ccccc12. The lowest BCUT2D eigenvalue weighted by atomic mass is 9.99. The van der Waals surface area contributed by atoms with Gasteiger partial charge in [0.1, 0.15) is 11.8 Å². The summed E-state index contributed by atoms with van der Waals surface area (Å²) in [5, 5.41) is 13.3. The van der Waals surface area contributed by atoms with Gasteiger partial charge in [-0.25, -0.2) is 4.79 Å². The van der Waals surface area contributed by atoms with Crippen LogP contribution in [0.5, 0.6) is 5.75 Å². The van der Waals surface area contributed by atoms with Gasteiger partial charge in [0.05, 0.1) is 33.3 Å². The Morgan fingerprint density at radius 3 is 2.29 bits per heavy atom. The number of fused-ring (bicyclic) bond motifs is 1. The summed E-state index contributed by atoms with van der Waals surface area (Å²) >= 11 is 12.2. The van der Waals surface area contributed by atoms with Crippen molar-refractivity contribution in [3.8, 4) is 16.9 Å². The van der Waals surface area contributed by atoms with Crippen molar-refractivity contribution in [3.63, 3.8) is 0 Å². The Hall–Kier alpha value is -3.81. The van der Waals surface area contributed by atoms with E-state index in [1.807, 2.05) is 31.2 Å². The molecule has 0 aliphatic rings. The lowest BCUT2D eigenvalue weighted by Gasteiger charge is -2.18. The number of carbonyl (C=O) groups is 2. The minimum atomic E-state index is -1.22. The minimum Gasteiger partial charge on any atom is -0.492 e. The highest BCUT2D eigenvalue weighted by atomic mass is 35.5. The van der Waals surface area contributed by atoms with E-state index in [-0.39, 0.29) is 27.6 Å². The number of pyridine rings is 1. The Morgan fingerprint density at radius 2 is 1.66 bits per heavy atom. The molecule has 1 heterocycles. The van der Waals surface area contributed by atoms with Crippen LogP contribution in [0.2, 0.25) is 10.0 Å². The van der Waals surface area contributed by atoms with Crippen LogP contribution in [0.15, 0.2) is 71.5 Å². The average molecular weight is 553 g/mol. The van der Waals surface area contributed by atoms with Crippen LogP contribution in [0.3, 0.4) is 0 Å². The lowest BCUT2D eigenvalue weighted by molar-refractivity contribution is -0.139. The van der Waals surface area contributed by atoms with Crippen LogP contribution in [0, 0.1) is 0 Å². The zero-order valence-corrected chi connectivity index (χ0v) is 22.3. The summed E-state index contributed by atoms with van der Waals surface area (Å²) in [5.41, 5.74) is 2.31. The third-order valence-corrected chi connectivity index (χ3v) is 6.81. The van der Waals surface area contributed by atoms with Crippen molar-refractivity contribution in [2.45, 2.75) is 25.8 Å². The topological polar surface area (TPSA) is 97.6 Å². The molecule has 0 bridgehead atoms. The van der Waals surface area contributed by atoms with E-state index in [0.29, 0.717) is 29.0 Å². The van der Waals surface area contributed by atoms with Gasteiger partial charge in [-0.3, -0.25) is 9.59 Å². The summed E-state index contributed by atoms with van der Waals surface area (Å²) in [6.45, 7) is 2.45. The lowest BCUT2D eigenvalue weighted by Crippen LogP contribution is -2.42. The first-order valence-corrected chi connectivity index (χ1v) is 12.8. The molecule has 1 amide bonds. The Morgan fingerprint density at radius 1 is 1.00 bits per heavy atom. The third kappa shape index (κ3) is 5.54. The van der Waals surface area contributed by atoms with E-state index >= 15 is 0 Å². The monoisotopic (exact) mass is 552 g/mol. The molecule has 1 atom stereocenters. The molecule has 9 heteroatoms. The van der Waals surface area contributed by atoms with Gasteiger partial charge in [0.2, 0.25) is 0 Å². The van der Waals surface area contributed by atoms with Gasteiger partial charge in [0.15, 0.2) is 0 Å². The molecule has 0 aliphatic carbocycles. The Labute approximate surface area is 229 Å². The average Bonchev–Trinajstić information content (AvgIpc) is 2.90. The highest BCUT2D eigenvalue weighted by Crippen LogP contribution is 2.34. The number of aryl methyl sites for hydroxylation is 1. The molecular weight excluding hydrogens is 527 g/mol. The highest BCUT2D eigenvalue weighted by molar-refractivity contribution is 6.39. The number of carboxylic acids is 1. The third-order valence-electron chi connectivity index (χ3n) is 6.18. The zero-order valence-electron chi connectivity index (χ0n) is 20.8. The Bertz CT molecular complexity index is 1540. The van der Waals surface area contributed by atoms with Crippen LogP contribution >= 0.6 is 23.2 Å². The molecule has 0 radical (unpaired) electrons. The van der Waals surface area contributed by atoms with Crippen LogP contribution < -0.4 is 15.6 Å². The molecule has 4 aromatic rings. The van der Waals surface area contributed by atoms with Crippen LogP contribution in [-0.2, 0) is 18.3 Å². The molecule has 196 valence electrons. The van der Waals surface area contributed by atoms with Crippen LogP contribution in [0.1, 0.15) is 29.3 Å². The number of hydrogen-bond donors (Lipinski definition) is 2. The van der Waals surface area contributed by atoms with Gasteiger partial charge in [-0.15, -0.1) is 0 Å². The summed E-state index contributed by atoms with van der Waals surface area (Å²) in [6.07, 6.45) is 0.794. The van der Waals surface area contributed by atoms with Gasteiger partial charge >= 0.3 is 5.97 Å². The largest absolute Gasteiger partial charge is 0.492 e. The zero-order chi connectivity index (χ0) is 27.4. The van der Waals surface area contributed by atoms with Crippen molar-refractivity contribution in [3.05, 3.63) is 98.3 Å².